The van der Waals surface area contributed by atoms with Crippen molar-refractivity contribution in [2.24, 2.45) is 0 Å². The van der Waals surface area contributed by atoms with Gasteiger partial charge in [-0.2, -0.15) is 0 Å². The van der Waals surface area contributed by atoms with Crippen molar-refractivity contribution in [1.29, 1.82) is 0 Å². The Labute approximate surface area is 147 Å². The van der Waals surface area contributed by atoms with E-state index < -0.39 is 0 Å². The van der Waals surface area contributed by atoms with Gasteiger partial charge in [0.15, 0.2) is 0 Å². The van der Waals surface area contributed by atoms with Gasteiger partial charge in [-0.05, 0) is 31.4 Å². The first-order valence-electron chi connectivity index (χ1n) is 8.65. The van der Waals surface area contributed by atoms with Gasteiger partial charge in [-0.3, -0.25) is 4.79 Å². The van der Waals surface area contributed by atoms with Crippen LogP contribution in [0.3, 0.4) is 0 Å². The molecule has 134 valence electrons. The van der Waals surface area contributed by atoms with Crippen LogP contribution in [0.5, 0.6) is 5.75 Å². The van der Waals surface area contributed by atoms with Gasteiger partial charge in [0.1, 0.15) is 11.8 Å². The Balaban J connectivity index is 1.84. The topological polar surface area (TPSA) is 71.7 Å². The first kappa shape index (κ1) is 17.3. The number of carbonyl (C=O) groups excluding carboxylic acids is 1. The smallest absolute Gasteiger partial charge is 0.319 e. The molecule has 25 heavy (non-hydrogen) atoms. The zero-order chi connectivity index (χ0) is 17.8. The maximum Gasteiger partial charge on any atom is 0.319 e. The molecule has 0 unspecified atom stereocenters. The van der Waals surface area contributed by atoms with Crippen LogP contribution in [0, 0.1) is 0 Å². The Hall–Kier alpha value is -2.57. The molecule has 0 bridgehead atoms. The molecule has 1 saturated heterocycles. The summed E-state index contributed by atoms with van der Waals surface area (Å²) >= 11 is 0. The molecular formula is C18H24N4O3. The van der Waals surface area contributed by atoms with E-state index in [1.54, 1.807) is 19.0 Å². The van der Waals surface area contributed by atoms with Crippen LogP contribution >= 0.6 is 0 Å². The molecule has 0 saturated carbocycles. The Bertz CT molecular complexity index is 729. The lowest BCUT2D eigenvalue weighted by molar-refractivity contribution is -0.129. The molecule has 1 amide bonds. The van der Waals surface area contributed by atoms with Crippen molar-refractivity contribution in [2.75, 3.05) is 32.1 Å². The standard InChI is InChI=1S/C18H24N4O3/c1-4-12-24-15-10-6-5-8-13(15)16-19-20-18(25-16)22-11-7-9-14(22)17(23)21(2)3/h5-6,8,10,14H,4,7,9,11-12H2,1-3H3/t14-/m0/s1. The second kappa shape index (κ2) is 7.55. The molecule has 7 nitrogen and oxygen atoms in total. The van der Waals surface area contributed by atoms with Crippen molar-refractivity contribution in [1.82, 2.24) is 15.1 Å². The normalized spacial score (nSPS) is 16.9. The van der Waals surface area contributed by atoms with E-state index in [9.17, 15) is 4.79 Å². The number of anilines is 1. The highest BCUT2D eigenvalue weighted by Crippen LogP contribution is 2.32. The lowest BCUT2D eigenvalue weighted by Crippen LogP contribution is -2.42. The van der Waals surface area contributed by atoms with Crippen molar-refractivity contribution in [2.45, 2.75) is 32.2 Å². The number of nitrogens with zero attached hydrogens (tertiary/aromatic N) is 4. The minimum absolute atomic E-state index is 0.0592. The lowest BCUT2D eigenvalue weighted by atomic mass is 10.2. The van der Waals surface area contributed by atoms with Gasteiger partial charge in [0.05, 0.1) is 12.2 Å². The van der Waals surface area contributed by atoms with Crippen molar-refractivity contribution in [3.63, 3.8) is 0 Å². The van der Waals surface area contributed by atoms with Crippen LogP contribution in [-0.4, -0.2) is 54.3 Å². The van der Waals surface area contributed by atoms with Crippen LogP contribution in [0.15, 0.2) is 28.7 Å². The Morgan fingerprint density at radius 1 is 1.36 bits per heavy atom. The van der Waals surface area contributed by atoms with Crippen LogP contribution in [0.4, 0.5) is 6.01 Å². The van der Waals surface area contributed by atoms with E-state index >= 15 is 0 Å². The zero-order valence-electron chi connectivity index (χ0n) is 14.9. The largest absolute Gasteiger partial charge is 0.493 e. The van der Waals surface area contributed by atoms with Crippen LogP contribution in [0.1, 0.15) is 26.2 Å². The van der Waals surface area contributed by atoms with E-state index in [1.165, 1.54) is 0 Å². The highest BCUT2D eigenvalue weighted by molar-refractivity contribution is 5.84. The fourth-order valence-corrected chi connectivity index (χ4v) is 2.97. The Kier molecular flexibility index (Phi) is 5.21. The first-order valence-corrected chi connectivity index (χ1v) is 8.65. The maximum atomic E-state index is 12.4. The van der Waals surface area contributed by atoms with Crippen molar-refractivity contribution < 1.29 is 13.9 Å². The number of benzene rings is 1. The van der Waals surface area contributed by atoms with Gasteiger partial charge in [-0.1, -0.05) is 24.2 Å². The summed E-state index contributed by atoms with van der Waals surface area (Å²) in [6, 6.07) is 7.76. The molecule has 1 aliphatic heterocycles. The molecule has 2 heterocycles. The average molecular weight is 344 g/mol. The fourth-order valence-electron chi connectivity index (χ4n) is 2.97. The third-order valence-corrected chi connectivity index (χ3v) is 4.22. The van der Waals surface area contributed by atoms with Gasteiger partial charge in [-0.15, -0.1) is 5.10 Å². The second-order valence-electron chi connectivity index (χ2n) is 6.32. The first-order chi connectivity index (χ1) is 12.1. The molecule has 3 rings (SSSR count). The molecule has 2 aromatic rings. The van der Waals surface area contributed by atoms with E-state index in [1.807, 2.05) is 29.2 Å². The molecule has 1 atom stereocenters. The number of hydrogen-bond acceptors (Lipinski definition) is 6. The van der Waals surface area contributed by atoms with Crippen molar-refractivity contribution >= 4 is 11.9 Å². The summed E-state index contributed by atoms with van der Waals surface area (Å²) in [4.78, 5) is 15.9. The number of aromatic nitrogens is 2. The summed E-state index contributed by atoms with van der Waals surface area (Å²) in [7, 11) is 3.53. The van der Waals surface area contributed by atoms with Crippen molar-refractivity contribution in [3.05, 3.63) is 24.3 Å². The third-order valence-electron chi connectivity index (χ3n) is 4.22. The number of amides is 1. The summed E-state index contributed by atoms with van der Waals surface area (Å²) in [5, 5.41) is 8.35. The summed E-state index contributed by atoms with van der Waals surface area (Å²) in [5.41, 5.74) is 0.768. The van der Waals surface area contributed by atoms with Gasteiger partial charge >= 0.3 is 6.01 Å². The summed E-state index contributed by atoms with van der Waals surface area (Å²) in [6.45, 7) is 3.42. The van der Waals surface area contributed by atoms with Crippen molar-refractivity contribution in [3.8, 4) is 17.2 Å². The molecule has 1 fully saturated rings. The predicted octanol–water partition coefficient (Wildman–Crippen LogP) is 2.58. The molecular weight excluding hydrogens is 320 g/mol. The van der Waals surface area contributed by atoms with Crippen LogP contribution < -0.4 is 9.64 Å². The fraction of sp³-hybridized carbons (Fsp3) is 0.500. The highest BCUT2D eigenvalue weighted by Gasteiger charge is 2.35. The summed E-state index contributed by atoms with van der Waals surface area (Å²) in [5.74, 6) is 1.19. The monoisotopic (exact) mass is 344 g/mol. The van der Waals surface area contributed by atoms with Gasteiger partial charge in [-0.25, -0.2) is 0 Å². The molecule has 1 aliphatic rings. The Morgan fingerprint density at radius 3 is 2.92 bits per heavy atom. The minimum atomic E-state index is -0.241. The molecule has 0 spiro atoms. The quantitative estimate of drug-likeness (QED) is 0.802. The zero-order valence-corrected chi connectivity index (χ0v) is 14.9. The molecule has 0 radical (unpaired) electrons. The predicted molar refractivity (Wildman–Crippen MR) is 94.6 cm³/mol. The number of ether oxygens (including phenoxy) is 1. The average Bonchev–Trinajstić information content (AvgIpc) is 3.28. The van der Waals surface area contributed by atoms with E-state index in [4.69, 9.17) is 9.15 Å². The van der Waals surface area contributed by atoms with Gasteiger partial charge in [0.25, 0.3) is 5.89 Å². The van der Waals surface area contributed by atoms with E-state index in [0.29, 0.717) is 18.5 Å². The number of hydrogen-bond donors (Lipinski definition) is 0. The number of para-hydroxylation sites is 1. The number of likely N-dealkylation sites (N-methyl/N-ethyl adjacent to an activating group) is 1. The maximum absolute atomic E-state index is 12.4. The van der Waals surface area contributed by atoms with E-state index in [-0.39, 0.29) is 11.9 Å². The van der Waals surface area contributed by atoms with Gasteiger partial charge in [0, 0.05) is 20.6 Å². The van der Waals surface area contributed by atoms with Gasteiger partial charge in [0.2, 0.25) is 5.91 Å². The second-order valence-corrected chi connectivity index (χ2v) is 6.32. The molecule has 1 aromatic heterocycles. The molecule has 1 aromatic carbocycles. The van der Waals surface area contributed by atoms with Crippen LogP contribution in [-0.2, 0) is 4.79 Å². The molecule has 7 heteroatoms. The molecule has 0 aliphatic carbocycles. The lowest BCUT2D eigenvalue weighted by Gasteiger charge is -2.24. The summed E-state index contributed by atoms with van der Waals surface area (Å²) in [6.07, 6.45) is 2.65. The number of rotatable bonds is 6. The van der Waals surface area contributed by atoms with Gasteiger partial charge < -0.3 is 19.0 Å². The van der Waals surface area contributed by atoms with Crippen LogP contribution in [0.25, 0.3) is 11.5 Å². The summed E-state index contributed by atoms with van der Waals surface area (Å²) < 4.78 is 11.7. The third kappa shape index (κ3) is 3.60. The highest BCUT2D eigenvalue weighted by atomic mass is 16.5. The minimum Gasteiger partial charge on any atom is -0.493 e. The molecule has 0 N–H and O–H groups in total. The van der Waals surface area contributed by atoms with Crippen LogP contribution in [0.2, 0.25) is 0 Å². The SMILES string of the molecule is CCCOc1ccccc1-c1nnc(N2CCC[C@H]2C(=O)N(C)C)o1. The Morgan fingerprint density at radius 2 is 2.16 bits per heavy atom. The van der Waals surface area contributed by atoms with E-state index in [0.717, 1.165) is 37.1 Å². The number of carbonyl (C=O) groups is 1. The van der Waals surface area contributed by atoms with E-state index in [2.05, 4.69) is 17.1 Å².